The van der Waals surface area contributed by atoms with Crippen molar-refractivity contribution in [1.29, 1.82) is 0 Å². The second-order valence-electron chi connectivity index (χ2n) is 10.4. The van der Waals surface area contributed by atoms with Crippen LogP contribution in [-0.4, -0.2) is 40.6 Å². The summed E-state index contributed by atoms with van der Waals surface area (Å²) in [4.78, 5) is 36.1. The smallest absolute Gasteiger partial charge is 0.303 e. The molecule has 0 radical (unpaired) electrons. The third-order valence-electron chi connectivity index (χ3n) is 9.14. The average Bonchev–Trinajstić information content (AvgIpc) is 2.92. The summed E-state index contributed by atoms with van der Waals surface area (Å²) in [7, 11) is 0. The van der Waals surface area contributed by atoms with Crippen LogP contribution in [0.15, 0.2) is 0 Å². The maximum atomic E-state index is 12.7. The van der Waals surface area contributed by atoms with Crippen LogP contribution in [0.25, 0.3) is 0 Å². The minimum atomic E-state index is -1.23. The number of carbonyl (C=O) groups is 3. The molecule has 8 atom stereocenters. The summed E-state index contributed by atoms with van der Waals surface area (Å²) in [5, 5.41) is 12.0. The number of aliphatic hydroxyl groups is 1. The Hall–Kier alpha value is -1.43. The highest BCUT2D eigenvalue weighted by Gasteiger charge is 2.68. The standard InChI is InChI=1S/C23H34O6/c1-13(24)28-15-7-10-22(4)18-8-9-21(3)17(5-6-19(21)26)16(18)11-20(29-14(2)25)23(22,27)12-15/h15-18,20,27H,5-12H2,1-4H3/t15-,16-,17-,18-,20+,21-,22+,23-/m0/s1. The summed E-state index contributed by atoms with van der Waals surface area (Å²) in [6.07, 6.45) is 4.62. The fourth-order valence-corrected chi connectivity index (χ4v) is 7.67. The van der Waals surface area contributed by atoms with Crippen LogP contribution in [-0.2, 0) is 23.9 Å². The van der Waals surface area contributed by atoms with Crippen molar-refractivity contribution in [2.24, 2.45) is 28.6 Å². The molecule has 162 valence electrons. The molecule has 0 unspecified atom stereocenters. The average molecular weight is 407 g/mol. The first kappa shape index (κ1) is 20.8. The van der Waals surface area contributed by atoms with E-state index in [4.69, 9.17) is 9.47 Å². The van der Waals surface area contributed by atoms with E-state index in [9.17, 15) is 19.5 Å². The van der Waals surface area contributed by atoms with Crippen molar-refractivity contribution in [1.82, 2.24) is 0 Å². The number of rotatable bonds is 2. The third-order valence-corrected chi connectivity index (χ3v) is 9.14. The Labute approximate surface area is 172 Å². The number of hydrogen-bond acceptors (Lipinski definition) is 6. The van der Waals surface area contributed by atoms with E-state index in [0.29, 0.717) is 37.4 Å². The summed E-state index contributed by atoms with van der Waals surface area (Å²) in [6, 6.07) is 0. The van der Waals surface area contributed by atoms with Gasteiger partial charge < -0.3 is 14.6 Å². The predicted molar refractivity (Wildman–Crippen MR) is 105 cm³/mol. The molecule has 0 amide bonds. The highest BCUT2D eigenvalue weighted by atomic mass is 16.6. The Morgan fingerprint density at radius 3 is 2.34 bits per heavy atom. The van der Waals surface area contributed by atoms with Gasteiger partial charge in [0.25, 0.3) is 0 Å². The predicted octanol–water partition coefficient (Wildman–Crippen LogP) is 3.19. The van der Waals surface area contributed by atoms with Gasteiger partial charge in [-0.3, -0.25) is 14.4 Å². The quantitative estimate of drug-likeness (QED) is 0.709. The van der Waals surface area contributed by atoms with Gasteiger partial charge in [0.05, 0.1) is 0 Å². The van der Waals surface area contributed by atoms with Gasteiger partial charge >= 0.3 is 11.9 Å². The zero-order valence-electron chi connectivity index (χ0n) is 18.0. The van der Waals surface area contributed by atoms with Crippen molar-refractivity contribution in [3.8, 4) is 0 Å². The lowest BCUT2D eigenvalue weighted by Crippen LogP contribution is -2.69. The van der Waals surface area contributed by atoms with E-state index in [1.54, 1.807) is 0 Å². The van der Waals surface area contributed by atoms with Crippen molar-refractivity contribution in [2.45, 2.75) is 96.9 Å². The normalized spacial score (nSPS) is 48.9. The van der Waals surface area contributed by atoms with Gasteiger partial charge in [-0.2, -0.15) is 0 Å². The minimum Gasteiger partial charge on any atom is -0.462 e. The molecule has 0 aromatic heterocycles. The molecule has 29 heavy (non-hydrogen) atoms. The fourth-order valence-electron chi connectivity index (χ4n) is 7.67. The first-order valence-electron chi connectivity index (χ1n) is 11.1. The van der Waals surface area contributed by atoms with E-state index < -0.39 is 23.1 Å². The Morgan fingerprint density at radius 2 is 1.69 bits per heavy atom. The lowest BCUT2D eigenvalue weighted by atomic mass is 9.43. The van der Waals surface area contributed by atoms with Crippen LogP contribution >= 0.6 is 0 Å². The SMILES string of the molecule is CC(=O)O[C@H]1CC[C@]2(C)[C@H]3CC[C@]4(C)C(=O)CC[C@H]4[C@@H]3C[C@@H](OC(C)=O)[C@@]2(O)C1. The molecule has 0 aromatic rings. The second kappa shape index (κ2) is 6.79. The van der Waals surface area contributed by atoms with E-state index in [1.807, 2.05) is 0 Å². The first-order valence-corrected chi connectivity index (χ1v) is 11.1. The summed E-state index contributed by atoms with van der Waals surface area (Å²) in [5.74, 6) is 0.452. The number of fused-ring (bicyclic) bond motifs is 5. The van der Waals surface area contributed by atoms with Crippen LogP contribution in [0.5, 0.6) is 0 Å². The molecular formula is C23H34O6. The number of hydrogen-bond donors (Lipinski definition) is 1. The number of carbonyl (C=O) groups excluding carboxylic acids is 3. The summed E-state index contributed by atoms with van der Waals surface area (Å²) < 4.78 is 11.2. The van der Waals surface area contributed by atoms with E-state index in [0.717, 1.165) is 25.7 Å². The Morgan fingerprint density at radius 1 is 1.00 bits per heavy atom. The third kappa shape index (κ3) is 2.96. The Balaban J connectivity index is 1.71. The molecule has 0 aromatic carbocycles. The summed E-state index contributed by atoms with van der Waals surface area (Å²) >= 11 is 0. The zero-order valence-corrected chi connectivity index (χ0v) is 18.0. The van der Waals surface area contributed by atoms with Gasteiger partial charge in [-0.15, -0.1) is 0 Å². The molecule has 6 nitrogen and oxygen atoms in total. The van der Waals surface area contributed by atoms with Gasteiger partial charge in [0, 0.05) is 37.5 Å². The highest BCUT2D eigenvalue weighted by Crippen LogP contribution is 2.67. The molecule has 4 aliphatic carbocycles. The van der Waals surface area contributed by atoms with E-state index in [2.05, 4.69) is 13.8 Å². The van der Waals surface area contributed by atoms with Crippen LogP contribution in [0.3, 0.4) is 0 Å². The van der Waals surface area contributed by atoms with Gasteiger partial charge in [0.15, 0.2) is 0 Å². The molecule has 4 rings (SSSR count). The van der Waals surface area contributed by atoms with Gasteiger partial charge in [-0.1, -0.05) is 13.8 Å². The summed E-state index contributed by atoms with van der Waals surface area (Å²) in [5.41, 5.74) is -1.93. The topological polar surface area (TPSA) is 89.9 Å². The molecule has 4 fully saturated rings. The molecule has 0 heterocycles. The van der Waals surface area contributed by atoms with E-state index >= 15 is 0 Å². The number of Topliss-reactive ketones (excluding diaryl/α,β-unsaturated/α-hetero) is 1. The van der Waals surface area contributed by atoms with Crippen molar-refractivity contribution < 1.29 is 29.0 Å². The lowest BCUT2D eigenvalue weighted by molar-refractivity contribution is -0.269. The maximum Gasteiger partial charge on any atom is 0.303 e. The van der Waals surface area contributed by atoms with Crippen molar-refractivity contribution in [2.75, 3.05) is 0 Å². The molecular weight excluding hydrogens is 372 g/mol. The fraction of sp³-hybridized carbons (Fsp3) is 0.870. The largest absolute Gasteiger partial charge is 0.462 e. The van der Waals surface area contributed by atoms with Crippen molar-refractivity contribution in [3.63, 3.8) is 0 Å². The van der Waals surface area contributed by atoms with Gasteiger partial charge in [-0.05, 0) is 56.3 Å². The molecule has 0 aliphatic heterocycles. The first-order chi connectivity index (χ1) is 13.5. The van der Waals surface area contributed by atoms with Crippen LogP contribution in [0, 0.1) is 28.6 Å². The highest BCUT2D eigenvalue weighted by molar-refractivity contribution is 5.87. The molecule has 0 spiro atoms. The molecule has 1 N–H and O–H groups in total. The molecule has 4 saturated carbocycles. The van der Waals surface area contributed by atoms with Crippen molar-refractivity contribution >= 4 is 17.7 Å². The Kier molecular flexibility index (Phi) is 4.88. The second-order valence-corrected chi connectivity index (χ2v) is 10.4. The molecule has 4 aliphatic rings. The van der Waals surface area contributed by atoms with Crippen LogP contribution < -0.4 is 0 Å². The molecule has 6 heteroatoms. The van der Waals surface area contributed by atoms with Crippen LogP contribution in [0.1, 0.15) is 79.1 Å². The van der Waals surface area contributed by atoms with Crippen LogP contribution in [0.2, 0.25) is 0 Å². The Bertz CT molecular complexity index is 733. The number of ketones is 1. The zero-order chi connectivity index (χ0) is 21.2. The molecule has 0 saturated heterocycles. The summed E-state index contributed by atoms with van der Waals surface area (Å²) in [6.45, 7) is 7.01. The minimum absolute atomic E-state index is 0.264. The molecule has 0 bridgehead atoms. The number of esters is 2. The van der Waals surface area contributed by atoms with E-state index in [1.165, 1.54) is 13.8 Å². The van der Waals surface area contributed by atoms with Crippen LogP contribution in [0.4, 0.5) is 0 Å². The number of ether oxygens (including phenoxy) is 2. The maximum absolute atomic E-state index is 12.7. The van der Waals surface area contributed by atoms with Gasteiger partial charge in [-0.25, -0.2) is 0 Å². The monoisotopic (exact) mass is 406 g/mol. The van der Waals surface area contributed by atoms with Gasteiger partial charge in [0.2, 0.25) is 0 Å². The lowest BCUT2D eigenvalue weighted by Gasteiger charge is -2.65. The van der Waals surface area contributed by atoms with E-state index in [-0.39, 0.29) is 29.3 Å². The van der Waals surface area contributed by atoms with Gasteiger partial charge in [0.1, 0.15) is 23.6 Å². The van der Waals surface area contributed by atoms with Crippen molar-refractivity contribution in [3.05, 3.63) is 0 Å².